The van der Waals surface area contributed by atoms with Crippen molar-refractivity contribution in [1.29, 1.82) is 0 Å². The van der Waals surface area contributed by atoms with Gasteiger partial charge in [-0.15, -0.1) is 0 Å². The average Bonchev–Trinajstić information content (AvgIpc) is 2.56. The van der Waals surface area contributed by atoms with Gasteiger partial charge in [0.05, 0.1) is 6.54 Å². The first-order chi connectivity index (χ1) is 11.6. The summed E-state index contributed by atoms with van der Waals surface area (Å²) in [6, 6.07) is 14.4. The number of amides is 1. The van der Waals surface area contributed by atoms with Crippen LogP contribution in [0.15, 0.2) is 48.5 Å². The molecule has 1 fully saturated rings. The topological polar surface area (TPSA) is 55.8 Å². The molecule has 0 aliphatic carbocycles. The van der Waals surface area contributed by atoms with Crippen molar-refractivity contribution in [2.24, 2.45) is 0 Å². The van der Waals surface area contributed by atoms with E-state index in [2.05, 4.69) is 15.1 Å². The second kappa shape index (κ2) is 7.55. The lowest BCUT2D eigenvalue weighted by Gasteiger charge is -2.35. The van der Waals surface area contributed by atoms with Gasteiger partial charge in [-0.25, -0.2) is 0 Å². The lowest BCUT2D eigenvalue weighted by molar-refractivity contribution is -0.117. The number of nitrogens with one attached hydrogen (secondary N) is 1. The Morgan fingerprint density at radius 1 is 1.08 bits per heavy atom. The monoisotopic (exact) mass is 345 g/mol. The largest absolute Gasteiger partial charge is 0.508 e. The zero-order valence-corrected chi connectivity index (χ0v) is 14.0. The van der Waals surface area contributed by atoms with Crippen molar-refractivity contribution in [2.45, 2.75) is 0 Å². The van der Waals surface area contributed by atoms with Gasteiger partial charge >= 0.3 is 0 Å². The molecule has 1 amide bonds. The number of aromatic hydroxyl groups is 1. The van der Waals surface area contributed by atoms with Crippen molar-refractivity contribution >= 4 is 28.9 Å². The van der Waals surface area contributed by atoms with Gasteiger partial charge in [-0.05, 0) is 42.5 Å². The maximum absolute atomic E-state index is 12.1. The summed E-state index contributed by atoms with van der Waals surface area (Å²) in [5, 5.41) is 12.8. The Kier molecular flexibility index (Phi) is 5.23. The molecule has 1 saturated heterocycles. The molecule has 0 saturated carbocycles. The molecule has 0 atom stereocenters. The summed E-state index contributed by atoms with van der Waals surface area (Å²) in [7, 11) is 0. The number of anilines is 2. The smallest absolute Gasteiger partial charge is 0.238 e. The minimum Gasteiger partial charge on any atom is -0.508 e. The second-order valence-corrected chi connectivity index (χ2v) is 6.27. The number of hydrogen-bond donors (Lipinski definition) is 2. The van der Waals surface area contributed by atoms with Gasteiger partial charge in [-0.2, -0.15) is 0 Å². The van der Waals surface area contributed by atoms with Gasteiger partial charge in [-0.1, -0.05) is 17.7 Å². The molecule has 2 aromatic carbocycles. The standard InChI is InChI=1S/C18H20ClN3O2/c19-14-2-1-3-15(12-14)20-18(24)13-21-8-10-22(11-9-21)16-4-6-17(23)7-5-16/h1-7,12,23H,8-11,13H2,(H,20,24). The molecule has 5 nitrogen and oxygen atoms in total. The summed E-state index contributed by atoms with van der Waals surface area (Å²) in [6.07, 6.45) is 0. The Morgan fingerprint density at radius 2 is 1.79 bits per heavy atom. The minimum absolute atomic E-state index is 0.0321. The summed E-state index contributed by atoms with van der Waals surface area (Å²) < 4.78 is 0. The van der Waals surface area contributed by atoms with Crippen LogP contribution in [0.4, 0.5) is 11.4 Å². The number of halogens is 1. The summed E-state index contributed by atoms with van der Waals surface area (Å²) in [5.74, 6) is 0.241. The number of nitrogens with zero attached hydrogens (tertiary/aromatic N) is 2. The third-order valence-electron chi connectivity index (χ3n) is 4.06. The number of carbonyl (C=O) groups excluding carboxylic acids is 1. The highest BCUT2D eigenvalue weighted by molar-refractivity contribution is 6.30. The summed E-state index contributed by atoms with van der Waals surface area (Å²) in [5.41, 5.74) is 1.81. The van der Waals surface area contributed by atoms with Gasteiger partial charge < -0.3 is 15.3 Å². The number of benzene rings is 2. The fourth-order valence-electron chi connectivity index (χ4n) is 2.80. The first-order valence-corrected chi connectivity index (χ1v) is 8.30. The van der Waals surface area contributed by atoms with E-state index in [0.29, 0.717) is 11.6 Å². The van der Waals surface area contributed by atoms with E-state index < -0.39 is 0 Å². The molecule has 1 heterocycles. The van der Waals surface area contributed by atoms with Gasteiger partial charge in [0.25, 0.3) is 0 Å². The van der Waals surface area contributed by atoms with E-state index >= 15 is 0 Å². The predicted molar refractivity (Wildman–Crippen MR) is 96.8 cm³/mol. The Bertz CT molecular complexity index is 698. The molecule has 2 aromatic rings. The van der Waals surface area contributed by atoms with Crippen LogP contribution in [-0.4, -0.2) is 48.6 Å². The van der Waals surface area contributed by atoms with Gasteiger partial charge in [0.1, 0.15) is 5.75 Å². The van der Waals surface area contributed by atoms with Crippen molar-refractivity contribution in [3.63, 3.8) is 0 Å². The molecule has 0 bridgehead atoms. The van der Waals surface area contributed by atoms with Crippen LogP contribution >= 0.6 is 11.6 Å². The summed E-state index contributed by atoms with van der Waals surface area (Å²) in [6.45, 7) is 3.73. The molecular formula is C18H20ClN3O2. The van der Waals surface area contributed by atoms with Crippen LogP contribution in [0.25, 0.3) is 0 Å². The van der Waals surface area contributed by atoms with Crippen LogP contribution in [0.3, 0.4) is 0 Å². The molecule has 0 aromatic heterocycles. The molecule has 1 aliphatic heterocycles. The normalized spacial score (nSPS) is 15.3. The number of phenols is 1. The van der Waals surface area contributed by atoms with Crippen LogP contribution in [0.2, 0.25) is 5.02 Å². The van der Waals surface area contributed by atoms with Crippen LogP contribution in [-0.2, 0) is 4.79 Å². The number of hydrogen-bond acceptors (Lipinski definition) is 4. The molecule has 0 spiro atoms. The van der Waals surface area contributed by atoms with E-state index in [1.807, 2.05) is 24.3 Å². The van der Waals surface area contributed by atoms with E-state index in [1.165, 1.54) is 0 Å². The molecule has 0 unspecified atom stereocenters. The van der Waals surface area contributed by atoms with Crippen molar-refractivity contribution in [2.75, 3.05) is 42.9 Å². The Labute approximate surface area is 146 Å². The lowest BCUT2D eigenvalue weighted by atomic mass is 10.2. The molecule has 6 heteroatoms. The molecule has 3 rings (SSSR count). The summed E-state index contributed by atoms with van der Waals surface area (Å²) >= 11 is 5.92. The molecule has 0 radical (unpaired) electrons. The van der Waals surface area contributed by atoms with E-state index in [4.69, 9.17) is 11.6 Å². The molecule has 1 aliphatic rings. The first-order valence-electron chi connectivity index (χ1n) is 7.92. The van der Waals surface area contributed by atoms with Crippen molar-refractivity contribution in [3.05, 3.63) is 53.6 Å². The number of piperazine rings is 1. The first kappa shape index (κ1) is 16.6. The number of rotatable bonds is 4. The number of carbonyl (C=O) groups is 1. The van der Waals surface area contributed by atoms with Gasteiger partial charge in [0.2, 0.25) is 5.91 Å². The average molecular weight is 346 g/mol. The maximum Gasteiger partial charge on any atom is 0.238 e. The van der Waals surface area contributed by atoms with Crippen molar-refractivity contribution in [3.8, 4) is 5.75 Å². The van der Waals surface area contributed by atoms with Crippen LogP contribution in [0.5, 0.6) is 5.75 Å². The Morgan fingerprint density at radius 3 is 2.46 bits per heavy atom. The zero-order valence-electron chi connectivity index (χ0n) is 13.3. The fraction of sp³-hybridized carbons (Fsp3) is 0.278. The van der Waals surface area contributed by atoms with Crippen LogP contribution < -0.4 is 10.2 Å². The highest BCUT2D eigenvalue weighted by Gasteiger charge is 2.19. The Balaban J connectivity index is 1.48. The molecule has 2 N–H and O–H groups in total. The minimum atomic E-state index is -0.0321. The van der Waals surface area contributed by atoms with E-state index in [-0.39, 0.29) is 11.7 Å². The SMILES string of the molecule is O=C(CN1CCN(c2ccc(O)cc2)CC1)Nc1cccc(Cl)c1. The van der Waals surface area contributed by atoms with E-state index in [1.54, 1.807) is 24.3 Å². The predicted octanol–water partition coefficient (Wildman–Crippen LogP) is 2.81. The highest BCUT2D eigenvalue weighted by Crippen LogP contribution is 2.20. The quantitative estimate of drug-likeness (QED) is 0.894. The van der Waals surface area contributed by atoms with Crippen molar-refractivity contribution < 1.29 is 9.90 Å². The molecule has 24 heavy (non-hydrogen) atoms. The maximum atomic E-state index is 12.1. The van der Waals surface area contributed by atoms with Crippen molar-refractivity contribution in [1.82, 2.24) is 4.90 Å². The highest BCUT2D eigenvalue weighted by atomic mass is 35.5. The van der Waals surface area contributed by atoms with Gasteiger partial charge in [-0.3, -0.25) is 9.69 Å². The molecular weight excluding hydrogens is 326 g/mol. The fourth-order valence-corrected chi connectivity index (χ4v) is 2.99. The Hall–Kier alpha value is -2.24. The lowest BCUT2D eigenvalue weighted by Crippen LogP contribution is -2.48. The third-order valence-corrected chi connectivity index (χ3v) is 4.30. The van der Waals surface area contributed by atoms with E-state index in [9.17, 15) is 9.90 Å². The van der Waals surface area contributed by atoms with Gasteiger partial charge in [0.15, 0.2) is 0 Å². The zero-order chi connectivity index (χ0) is 16.9. The third kappa shape index (κ3) is 4.40. The van der Waals surface area contributed by atoms with Crippen LogP contribution in [0, 0.1) is 0 Å². The van der Waals surface area contributed by atoms with Gasteiger partial charge in [0, 0.05) is 42.6 Å². The molecule has 126 valence electrons. The summed E-state index contributed by atoms with van der Waals surface area (Å²) in [4.78, 5) is 16.5. The van der Waals surface area contributed by atoms with Crippen LogP contribution in [0.1, 0.15) is 0 Å². The van der Waals surface area contributed by atoms with E-state index in [0.717, 1.165) is 37.6 Å². The second-order valence-electron chi connectivity index (χ2n) is 5.84. The number of phenolic OH excluding ortho intramolecular Hbond substituents is 1.